The Morgan fingerprint density at radius 2 is 1.90 bits per heavy atom. The minimum atomic E-state index is -1.38. The molecule has 0 saturated carbocycles. The van der Waals surface area contributed by atoms with Crippen LogP contribution in [0.5, 0.6) is 0 Å². The van der Waals surface area contributed by atoms with Crippen LogP contribution in [0.15, 0.2) is 30.3 Å². The van der Waals surface area contributed by atoms with Crippen molar-refractivity contribution >= 4 is 11.8 Å². The molecule has 1 aromatic rings. The summed E-state index contributed by atoms with van der Waals surface area (Å²) in [5, 5.41) is 23.5. The fourth-order valence-corrected chi connectivity index (χ4v) is 1.42. The molecular formula is C14H20N2O4. The van der Waals surface area contributed by atoms with Crippen molar-refractivity contribution in [2.45, 2.75) is 25.5 Å². The number of nitrogens with one attached hydrogen (secondary N) is 2. The van der Waals surface area contributed by atoms with Crippen LogP contribution in [0.25, 0.3) is 0 Å². The maximum atomic E-state index is 11.8. The van der Waals surface area contributed by atoms with Crippen LogP contribution < -0.4 is 10.6 Å². The second-order valence-corrected chi connectivity index (χ2v) is 4.93. The normalized spacial score (nSPS) is 15.0. The predicted octanol–water partition coefficient (Wildman–Crippen LogP) is -0.336. The van der Waals surface area contributed by atoms with Crippen molar-refractivity contribution in [1.82, 2.24) is 10.6 Å². The molecule has 1 rings (SSSR count). The van der Waals surface area contributed by atoms with Crippen LogP contribution in [0.4, 0.5) is 0 Å². The summed E-state index contributed by atoms with van der Waals surface area (Å²) in [4.78, 5) is 23.6. The van der Waals surface area contributed by atoms with Crippen LogP contribution in [-0.4, -0.2) is 46.8 Å². The van der Waals surface area contributed by atoms with Crippen molar-refractivity contribution in [3.8, 4) is 0 Å². The molecular weight excluding hydrogens is 260 g/mol. The maximum absolute atomic E-state index is 11.8. The molecule has 0 fully saturated rings. The largest absolute Gasteiger partial charge is 0.393 e. The van der Waals surface area contributed by atoms with E-state index in [2.05, 4.69) is 10.6 Å². The Morgan fingerprint density at radius 3 is 2.45 bits per heavy atom. The van der Waals surface area contributed by atoms with Gasteiger partial charge in [0.05, 0.1) is 6.61 Å². The molecule has 110 valence electrons. The van der Waals surface area contributed by atoms with E-state index in [0.29, 0.717) is 5.56 Å². The van der Waals surface area contributed by atoms with E-state index in [1.54, 1.807) is 37.3 Å². The van der Waals surface area contributed by atoms with Gasteiger partial charge in [0, 0.05) is 12.1 Å². The first-order valence-electron chi connectivity index (χ1n) is 6.32. The summed E-state index contributed by atoms with van der Waals surface area (Å²) in [6, 6.07) is 7.82. The number of aliphatic hydroxyl groups excluding tert-OH is 1. The summed E-state index contributed by atoms with van der Waals surface area (Å²) in [6.07, 6.45) is 0. The van der Waals surface area contributed by atoms with Crippen LogP contribution in [0, 0.1) is 0 Å². The molecule has 2 amide bonds. The number of benzene rings is 1. The van der Waals surface area contributed by atoms with Crippen molar-refractivity contribution in [3.05, 3.63) is 35.9 Å². The first-order valence-corrected chi connectivity index (χ1v) is 6.32. The number of hydrogen-bond acceptors (Lipinski definition) is 4. The summed E-state index contributed by atoms with van der Waals surface area (Å²) in [6.45, 7) is 2.40. The number of carbonyl (C=O) groups is 2. The Hall–Kier alpha value is -1.92. The first-order chi connectivity index (χ1) is 9.35. The van der Waals surface area contributed by atoms with Gasteiger partial charge in [-0.3, -0.25) is 9.59 Å². The fraction of sp³-hybridized carbons (Fsp3) is 0.429. The molecule has 1 aromatic carbocycles. The molecule has 0 spiro atoms. The van der Waals surface area contributed by atoms with Crippen molar-refractivity contribution in [3.63, 3.8) is 0 Å². The topological polar surface area (TPSA) is 98.7 Å². The Morgan fingerprint density at radius 1 is 1.30 bits per heavy atom. The highest BCUT2D eigenvalue weighted by Crippen LogP contribution is 2.00. The van der Waals surface area contributed by atoms with Gasteiger partial charge in [0.1, 0.15) is 11.6 Å². The van der Waals surface area contributed by atoms with E-state index in [1.807, 2.05) is 0 Å². The molecule has 6 nitrogen and oxygen atoms in total. The van der Waals surface area contributed by atoms with E-state index >= 15 is 0 Å². The van der Waals surface area contributed by atoms with Crippen LogP contribution in [0.2, 0.25) is 0 Å². The van der Waals surface area contributed by atoms with Gasteiger partial charge >= 0.3 is 0 Å². The quantitative estimate of drug-likeness (QED) is 0.573. The average molecular weight is 280 g/mol. The number of carbonyl (C=O) groups excluding carboxylic acids is 2. The molecule has 0 aliphatic carbocycles. The van der Waals surface area contributed by atoms with Crippen LogP contribution in [0.1, 0.15) is 24.2 Å². The molecule has 0 aliphatic heterocycles. The minimum Gasteiger partial charge on any atom is -0.393 e. The summed E-state index contributed by atoms with van der Waals surface area (Å²) in [5.74, 6) is -0.773. The van der Waals surface area contributed by atoms with Crippen LogP contribution >= 0.6 is 0 Å². The highest BCUT2D eigenvalue weighted by atomic mass is 16.3. The standard InChI is InChI=1S/C14H20N2O4/c1-10(12(18)15-8-14(2,20)9-17)16-13(19)11-6-4-3-5-7-11/h3-7,10,17,20H,8-9H2,1-2H3,(H,15,18)(H,16,19). The minimum absolute atomic E-state index is 0.0894. The Balaban J connectivity index is 2.48. The lowest BCUT2D eigenvalue weighted by atomic mass is 10.1. The van der Waals surface area contributed by atoms with Gasteiger partial charge < -0.3 is 20.8 Å². The zero-order chi connectivity index (χ0) is 15.2. The number of aliphatic hydroxyl groups is 2. The van der Waals surface area contributed by atoms with Crippen LogP contribution in [-0.2, 0) is 4.79 Å². The lowest BCUT2D eigenvalue weighted by Gasteiger charge is -2.22. The van der Waals surface area contributed by atoms with Gasteiger partial charge in [-0.2, -0.15) is 0 Å². The third-order valence-electron chi connectivity index (χ3n) is 2.76. The predicted molar refractivity (Wildman–Crippen MR) is 74.1 cm³/mol. The van der Waals surface area contributed by atoms with E-state index < -0.39 is 24.2 Å². The van der Waals surface area contributed by atoms with Gasteiger partial charge in [-0.15, -0.1) is 0 Å². The zero-order valence-electron chi connectivity index (χ0n) is 11.6. The van der Waals surface area contributed by atoms with Gasteiger partial charge in [-0.1, -0.05) is 18.2 Å². The van der Waals surface area contributed by atoms with Crippen molar-refractivity contribution in [2.75, 3.05) is 13.2 Å². The zero-order valence-corrected chi connectivity index (χ0v) is 11.6. The van der Waals surface area contributed by atoms with Crippen molar-refractivity contribution < 1.29 is 19.8 Å². The second-order valence-electron chi connectivity index (χ2n) is 4.93. The fourth-order valence-electron chi connectivity index (χ4n) is 1.42. The molecule has 0 radical (unpaired) electrons. The smallest absolute Gasteiger partial charge is 0.251 e. The molecule has 6 heteroatoms. The van der Waals surface area contributed by atoms with Crippen molar-refractivity contribution in [1.29, 1.82) is 0 Å². The molecule has 0 aromatic heterocycles. The number of amides is 2. The average Bonchev–Trinajstić information content (AvgIpc) is 2.45. The first kappa shape index (κ1) is 16.1. The molecule has 2 unspecified atom stereocenters. The molecule has 0 bridgehead atoms. The maximum Gasteiger partial charge on any atom is 0.251 e. The molecule has 20 heavy (non-hydrogen) atoms. The van der Waals surface area contributed by atoms with E-state index in [4.69, 9.17) is 5.11 Å². The molecule has 0 heterocycles. The Bertz CT molecular complexity index is 460. The third-order valence-corrected chi connectivity index (χ3v) is 2.76. The lowest BCUT2D eigenvalue weighted by Crippen LogP contribution is -2.50. The molecule has 0 saturated heterocycles. The number of rotatable bonds is 6. The Labute approximate surface area is 117 Å². The van der Waals surface area contributed by atoms with Gasteiger partial charge in [0.15, 0.2) is 0 Å². The van der Waals surface area contributed by atoms with Gasteiger partial charge in [-0.05, 0) is 26.0 Å². The molecule has 0 aliphatic rings. The molecule has 2 atom stereocenters. The van der Waals surface area contributed by atoms with E-state index in [9.17, 15) is 14.7 Å². The van der Waals surface area contributed by atoms with E-state index in [0.717, 1.165) is 0 Å². The highest BCUT2D eigenvalue weighted by molar-refractivity contribution is 5.97. The monoisotopic (exact) mass is 280 g/mol. The van der Waals surface area contributed by atoms with Crippen molar-refractivity contribution in [2.24, 2.45) is 0 Å². The lowest BCUT2D eigenvalue weighted by molar-refractivity contribution is -0.124. The Kier molecular flexibility index (Phi) is 5.66. The summed E-state index contributed by atoms with van der Waals surface area (Å²) in [5.41, 5.74) is -0.909. The van der Waals surface area contributed by atoms with Gasteiger partial charge in [-0.25, -0.2) is 0 Å². The van der Waals surface area contributed by atoms with Gasteiger partial charge in [0.2, 0.25) is 5.91 Å². The summed E-state index contributed by atoms with van der Waals surface area (Å²) >= 11 is 0. The number of hydrogen-bond donors (Lipinski definition) is 4. The summed E-state index contributed by atoms with van der Waals surface area (Å²) < 4.78 is 0. The van der Waals surface area contributed by atoms with E-state index in [1.165, 1.54) is 6.92 Å². The highest BCUT2D eigenvalue weighted by Gasteiger charge is 2.22. The van der Waals surface area contributed by atoms with Crippen LogP contribution in [0.3, 0.4) is 0 Å². The molecule has 4 N–H and O–H groups in total. The van der Waals surface area contributed by atoms with E-state index in [-0.39, 0.29) is 12.5 Å². The SMILES string of the molecule is CC(NC(=O)c1ccccc1)C(=O)NCC(C)(O)CO. The third kappa shape index (κ3) is 4.99. The summed E-state index contributed by atoms with van der Waals surface area (Å²) in [7, 11) is 0. The van der Waals surface area contributed by atoms with Gasteiger partial charge in [0.25, 0.3) is 5.91 Å². The second kappa shape index (κ2) is 7.02.